The van der Waals surface area contributed by atoms with Crippen LogP contribution in [-0.2, 0) is 11.3 Å². The minimum absolute atomic E-state index is 0.180. The Hall–Kier alpha value is -2.48. The molecule has 22 heavy (non-hydrogen) atoms. The Morgan fingerprint density at radius 1 is 1.36 bits per heavy atom. The number of nitrogens with zero attached hydrogens (tertiary/aromatic N) is 4. The van der Waals surface area contributed by atoms with Gasteiger partial charge in [0.15, 0.2) is 0 Å². The van der Waals surface area contributed by atoms with Gasteiger partial charge in [-0.3, -0.25) is 4.79 Å². The van der Waals surface area contributed by atoms with E-state index in [0.717, 1.165) is 24.5 Å². The number of aromatic nitrogens is 3. The highest BCUT2D eigenvalue weighted by atomic mass is 16.5. The summed E-state index contributed by atoms with van der Waals surface area (Å²) >= 11 is 0. The molecule has 3 rings (SSSR count). The third kappa shape index (κ3) is 3.40. The van der Waals surface area contributed by atoms with Gasteiger partial charge in [0.2, 0.25) is 11.7 Å². The van der Waals surface area contributed by atoms with E-state index in [1.807, 2.05) is 13.0 Å². The van der Waals surface area contributed by atoms with Crippen molar-refractivity contribution in [2.45, 2.75) is 13.5 Å². The van der Waals surface area contributed by atoms with Crippen molar-refractivity contribution < 1.29 is 14.1 Å². The van der Waals surface area contributed by atoms with Gasteiger partial charge in [0.05, 0.1) is 31.6 Å². The fourth-order valence-electron chi connectivity index (χ4n) is 2.20. The van der Waals surface area contributed by atoms with Crippen LogP contribution >= 0.6 is 0 Å². The number of hydrogen-bond acceptors (Lipinski definition) is 7. The van der Waals surface area contributed by atoms with Crippen LogP contribution in [0.3, 0.4) is 0 Å². The first-order valence-electron chi connectivity index (χ1n) is 7.08. The molecule has 1 N–H and O–H groups in total. The number of anilines is 1. The van der Waals surface area contributed by atoms with Gasteiger partial charge in [-0.2, -0.15) is 0 Å². The van der Waals surface area contributed by atoms with Crippen LogP contribution in [-0.4, -0.2) is 47.3 Å². The van der Waals surface area contributed by atoms with Gasteiger partial charge in [-0.1, -0.05) is 5.16 Å². The molecule has 0 aliphatic carbocycles. The highest BCUT2D eigenvalue weighted by molar-refractivity contribution is 5.91. The van der Waals surface area contributed by atoms with Gasteiger partial charge in [-0.25, -0.2) is 9.97 Å². The van der Waals surface area contributed by atoms with Crippen molar-refractivity contribution >= 4 is 11.9 Å². The Balaban J connectivity index is 1.68. The van der Waals surface area contributed by atoms with Gasteiger partial charge >= 0.3 is 0 Å². The predicted molar refractivity (Wildman–Crippen MR) is 77.5 cm³/mol. The molecule has 2 aromatic rings. The van der Waals surface area contributed by atoms with Crippen LogP contribution in [0.25, 0.3) is 0 Å². The lowest BCUT2D eigenvalue weighted by Crippen LogP contribution is -2.37. The van der Waals surface area contributed by atoms with Crippen molar-refractivity contribution in [3.63, 3.8) is 0 Å². The first kappa shape index (κ1) is 14.5. The average molecular weight is 303 g/mol. The van der Waals surface area contributed by atoms with E-state index in [1.54, 1.807) is 0 Å². The molecule has 0 saturated carbocycles. The Bertz CT molecular complexity index is 638. The quantitative estimate of drug-likeness (QED) is 0.881. The molecule has 1 fully saturated rings. The predicted octanol–water partition coefficient (Wildman–Crippen LogP) is 0.540. The van der Waals surface area contributed by atoms with E-state index in [1.165, 1.54) is 12.3 Å². The first-order chi connectivity index (χ1) is 10.7. The Kier molecular flexibility index (Phi) is 4.29. The van der Waals surface area contributed by atoms with Crippen LogP contribution in [0, 0.1) is 6.92 Å². The number of aryl methyl sites for hydroxylation is 1. The van der Waals surface area contributed by atoms with Crippen molar-refractivity contribution in [2.75, 3.05) is 31.2 Å². The second-order valence-corrected chi connectivity index (χ2v) is 4.96. The molecule has 0 aromatic carbocycles. The minimum atomic E-state index is -0.318. The molecule has 0 bridgehead atoms. The number of carbonyl (C=O) groups is 1. The second-order valence-electron chi connectivity index (χ2n) is 4.96. The van der Waals surface area contributed by atoms with Gasteiger partial charge in [0.25, 0.3) is 5.91 Å². The number of carbonyl (C=O) groups excluding carboxylic acids is 1. The summed E-state index contributed by atoms with van der Waals surface area (Å²) in [7, 11) is 0. The Labute approximate surface area is 127 Å². The summed E-state index contributed by atoms with van der Waals surface area (Å²) in [6.07, 6.45) is 1.43. The number of morpholine rings is 1. The number of rotatable bonds is 4. The maximum Gasteiger partial charge on any atom is 0.290 e. The normalized spacial score (nSPS) is 14.9. The molecule has 8 heteroatoms. The van der Waals surface area contributed by atoms with E-state index in [2.05, 4.69) is 25.3 Å². The van der Waals surface area contributed by atoms with Crippen molar-refractivity contribution in [3.05, 3.63) is 35.5 Å². The SMILES string of the molecule is Cc1cc(CNC(=O)c2ccno2)nc(N2CCOCC2)n1. The summed E-state index contributed by atoms with van der Waals surface area (Å²) in [5, 5.41) is 6.26. The maximum atomic E-state index is 11.8. The molecule has 0 unspecified atom stereocenters. The van der Waals surface area contributed by atoms with Crippen LogP contribution in [0.2, 0.25) is 0 Å². The lowest BCUT2D eigenvalue weighted by Gasteiger charge is -2.27. The van der Waals surface area contributed by atoms with E-state index in [-0.39, 0.29) is 11.7 Å². The van der Waals surface area contributed by atoms with Crippen molar-refractivity contribution in [2.24, 2.45) is 0 Å². The van der Waals surface area contributed by atoms with Crippen LogP contribution in [0.5, 0.6) is 0 Å². The van der Waals surface area contributed by atoms with Crippen LogP contribution in [0.4, 0.5) is 5.95 Å². The third-order valence-corrected chi connectivity index (χ3v) is 3.28. The number of nitrogens with one attached hydrogen (secondary N) is 1. The lowest BCUT2D eigenvalue weighted by atomic mass is 10.3. The fourth-order valence-corrected chi connectivity index (χ4v) is 2.20. The van der Waals surface area contributed by atoms with Gasteiger partial charge in [0, 0.05) is 24.8 Å². The monoisotopic (exact) mass is 303 g/mol. The highest BCUT2D eigenvalue weighted by Crippen LogP contribution is 2.12. The molecule has 0 atom stereocenters. The molecule has 8 nitrogen and oxygen atoms in total. The molecular weight excluding hydrogens is 286 g/mol. The molecule has 0 radical (unpaired) electrons. The molecule has 1 saturated heterocycles. The molecule has 0 spiro atoms. The van der Waals surface area contributed by atoms with Gasteiger partial charge < -0.3 is 19.5 Å². The van der Waals surface area contributed by atoms with Crippen molar-refractivity contribution in [3.8, 4) is 0 Å². The zero-order valence-electron chi connectivity index (χ0n) is 12.3. The topological polar surface area (TPSA) is 93.4 Å². The van der Waals surface area contributed by atoms with Crippen LogP contribution in [0.1, 0.15) is 21.9 Å². The largest absolute Gasteiger partial charge is 0.378 e. The maximum absolute atomic E-state index is 11.8. The van der Waals surface area contributed by atoms with Gasteiger partial charge in [-0.05, 0) is 13.0 Å². The number of amides is 1. The third-order valence-electron chi connectivity index (χ3n) is 3.28. The van der Waals surface area contributed by atoms with Gasteiger partial charge in [0.1, 0.15) is 0 Å². The smallest absolute Gasteiger partial charge is 0.290 e. The summed E-state index contributed by atoms with van der Waals surface area (Å²) in [6.45, 7) is 5.11. The molecule has 116 valence electrons. The second kappa shape index (κ2) is 6.52. The molecular formula is C14H17N5O3. The van der Waals surface area contributed by atoms with Crippen LogP contribution < -0.4 is 10.2 Å². The van der Waals surface area contributed by atoms with Crippen molar-refractivity contribution in [1.29, 1.82) is 0 Å². The summed E-state index contributed by atoms with van der Waals surface area (Å²) in [5.41, 5.74) is 1.61. The molecule has 3 heterocycles. The fraction of sp³-hybridized carbons (Fsp3) is 0.429. The van der Waals surface area contributed by atoms with E-state index >= 15 is 0 Å². The van der Waals surface area contributed by atoms with Gasteiger partial charge in [-0.15, -0.1) is 0 Å². The summed E-state index contributed by atoms with van der Waals surface area (Å²) in [4.78, 5) is 22.9. The Morgan fingerprint density at radius 3 is 2.91 bits per heavy atom. The van der Waals surface area contributed by atoms with E-state index in [4.69, 9.17) is 9.26 Å². The van der Waals surface area contributed by atoms with E-state index in [9.17, 15) is 4.79 Å². The summed E-state index contributed by atoms with van der Waals surface area (Å²) in [5.74, 6) is 0.535. The molecule has 1 aliphatic heterocycles. The average Bonchev–Trinajstić information content (AvgIpc) is 3.07. The van der Waals surface area contributed by atoms with E-state index in [0.29, 0.717) is 25.7 Å². The lowest BCUT2D eigenvalue weighted by molar-refractivity contribution is 0.0913. The van der Waals surface area contributed by atoms with Crippen molar-refractivity contribution in [1.82, 2.24) is 20.4 Å². The first-order valence-corrected chi connectivity index (χ1v) is 7.08. The minimum Gasteiger partial charge on any atom is -0.378 e. The molecule has 2 aromatic heterocycles. The molecule has 1 amide bonds. The zero-order valence-corrected chi connectivity index (χ0v) is 12.3. The zero-order chi connectivity index (χ0) is 15.4. The van der Waals surface area contributed by atoms with Crippen LogP contribution in [0.15, 0.2) is 22.9 Å². The van der Waals surface area contributed by atoms with E-state index < -0.39 is 0 Å². The highest BCUT2D eigenvalue weighted by Gasteiger charge is 2.15. The standard InChI is InChI=1S/C14H17N5O3/c1-10-8-11(9-15-13(20)12-2-3-16-22-12)18-14(17-10)19-4-6-21-7-5-19/h2-3,8H,4-7,9H2,1H3,(H,15,20). The molecule has 1 aliphatic rings. The number of ether oxygens (including phenoxy) is 1. The summed E-state index contributed by atoms with van der Waals surface area (Å²) < 4.78 is 10.1. The number of hydrogen-bond donors (Lipinski definition) is 1. The summed E-state index contributed by atoms with van der Waals surface area (Å²) in [6, 6.07) is 3.37. The Morgan fingerprint density at radius 2 is 2.18 bits per heavy atom.